The summed E-state index contributed by atoms with van der Waals surface area (Å²) in [6.45, 7) is 1.34. The zero-order valence-corrected chi connectivity index (χ0v) is 19.1. The monoisotopic (exact) mass is 470 g/mol. The Kier molecular flexibility index (Phi) is 6.81. The van der Waals surface area contributed by atoms with Crippen LogP contribution in [0.3, 0.4) is 0 Å². The minimum atomic E-state index is -0.323. The average Bonchev–Trinajstić information content (AvgIpc) is 3.43. The molecule has 2 N–H and O–H groups in total. The third-order valence-corrected chi connectivity index (χ3v) is 6.70. The average molecular weight is 471 g/mol. The van der Waals surface area contributed by atoms with E-state index in [1.165, 1.54) is 30.8 Å². The van der Waals surface area contributed by atoms with E-state index in [0.29, 0.717) is 15.7 Å². The molecule has 1 saturated carbocycles. The summed E-state index contributed by atoms with van der Waals surface area (Å²) in [7, 11) is 0. The summed E-state index contributed by atoms with van der Waals surface area (Å²) in [5, 5.41) is 22.5. The van der Waals surface area contributed by atoms with Gasteiger partial charge in [0.25, 0.3) is 0 Å². The van der Waals surface area contributed by atoms with Gasteiger partial charge in [-0.3, -0.25) is 14.2 Å². The van der Waals surface area contributed by atoms with E-state index >= 15 is 0 Å². The fourth-order valence-electron chi connectivity index (χ4n) is 3.91. The number of hydrogen-bond donors (Lipinski definition) is 2. The highest BCUT2D eigenvalue weighted by Crippen LogP contribution is 2.38. The Hall–Kier alpha value is -2.84. The number of Topliss-reactive ketones (excluding diaryl/α,β-unsaturated/α-hetero) is 1. The van der Waals surface area contributed by atoms with Gasteiger partial charge in [-0.1, -0.05) is 48.3 Å². The summed E-state index contributed by atoms with van der Waals surface area (Å²) >= 11 is 7.75. The van der Waals surface area contributed by atoms with E-state index in [-0.39, 0.29) is 34.9 Å². The van der Waals surface area contributed by atoms with Crippen LogP contribution in [0.5, 0.6) is 5.75 Å². The zero-order chi connectivity index (χ0) is 22.7. The Balaban J connectivity index is 1.58. The number of nitrogens with one attached hydrogen (secondary N) is 1. The normalized spacial score (nSPS) is 13.9. The van der Waals surface area contributed by atoms with Crippen LogP contribution < -0.4 is 5.32 Å². The second-order valence-electron chi connectivity index (χ2n) is 7.72. The molecule has 166 valence electrons. The Morgan fingerprint density at radius 3 is 2.66 bits per heavy atom. The maximum atomic E-state index is 12.8. The third kappa shape index (κ3) is 4.81. The van der Waals surface area contributed by atoms with Crippen molar-refractivity contribution >= 4 is 40.7 Å². The zero-order valence-electron chi connectivity index (χ0n) is 17.5. The van der Waals surface area contributed by atoms with Crippen LogP contribution in [-0.4, -0.2) is 37.3 Å². The minimum absolute atomic E-state index is 0.0882. The highest BCUT2D eigenvalue weighted by atomic mass is 35.5. The number of thioether (sulfide) groups is 1. The molecule has 0 atom stereocenters. The molecule has 1 heterocycles. The number of ketones is 1. The molecule has 0 saturated heterocycles. The molecule has 0 aliphatic heterocycles. The summed E-state index contributed by atoms with van der Waals surface area (Å²) in [6.07, 6.45) is 4.37. The molecule has 1 amide bonds. The fourth-order valence-corrected chi connectivity index (χ4v) is 5.03. The lowest BCUT2D eigenvalue weighted by Gasteiger charge is -2.17. The topological polar surface area (TPSA) is 97.1 Å². The summed E-state index contributed by atoms with van der Waals surface area (Å²) in [5.74, 6) is 0.320. The van der Waals surface area contributed by atoms with Gasteiger partial charge >= 0.3 is 0 Å². The molecule has 1 aromatic heterocycles. The number of phenolic OH excluding ortho intramolecular Hbond substituents is 1. The Bertz CT molecular complexity index is 1160. The van der Waals surface area contributed by atoms with Crippen molar-refractivity contribution in [2.75, 3.05) is 11.1 Å². The lowest BCUT2D eigenvalue weighted by atomic mass is 10.1. The van der Waals surface area contributed by atoms with E-state index in [1.54, 1.807) is 6.07 Å². The van der Waals surface area contributed by atoms with E-state index in [1.807, 2.05) is 24.3 Å². The number of aromatic nitrogens is 3. The molecule has 0 spiro atoms. The molecule has 1 fully saturated rings. The standard InChI is InChI=1S/C23H23ClN4O3S/c1-14(29)25-19-12-15(10-11-20(19)30)21(31)13-32-23-27-26-22(17-8-4-5-9-18(17)24)28(23)16-6-2-3-7-16/h4-5,8-12,16,30H,2-3,6-7,13H2,1H3,(H,25,29). The molecule has 4 rings (SSSR count). The number of anilines is 1. The first-order chi connectivity index (χ1) is 15.4. The highest BCUT2D eigenvalue weighted by molar-refractivity contribution is 7.99. The predicted octanol–water partition coefficient (Wildman–Crippen LogP) is 5.35. The summed E-state index contributed by atoms with van der Waals surface area (Å²) in [6, 6.07) is 12.3. The van der Waals surface area contributed by atoms with E-state index in [2.05, 4.69) is 20.1 Å². The van der Waals surface area contributed by atoms with Gasteiger partial charge < -0.3 is 10.4 Å². The van der Waals surface area contributed by atoms with Gasteiger partial charge in [0.05, 0.1) is 16.5 Å². The highest BCUT2D eigenvalue weighted by Gasteiger charge is 2.26. The van der Waals surface area contributed by atoms with Crippen molar-refractivity contribution < 1.29 is 14.7 Å². The number of phenols is 1. The van der Waals surface area contributed by atoms with Crippen LogP contribution in [0.4, 0.5) is 5.69 Å². The first-order valence-corrected chi connectivity index (χ1v) is 11.8. The summed E-state index contributed by atoms with van der Waals surface area (Å²) in [4.78, 5) is 24.2. The van der Waals surface area contributed by atoms with Crippen LogP contribution in [0, 0.1) is 0 Å². The molecule has 3 aromatic rings. The predicted molar refractivity (Wildman–Crippen MR) is 125 cm³/mol. The number of aromatic hydroxyl groups is 1. The van der Waals surface area contributed by atoms with Crippen molar-refractivity contribution in [2.24, 2.45) is 0 Å². The lowest BCUT2D eigenvalue weighted by molar-refractivity contribution is -0.114. The van der Waals surface area contributed by atoms with Crippen molar-refractivity contribution in [1.29, 1.82) is 0 Å². The smallest absolute Gasteiger partial charge is 0.221 e. The van der Waals surface area contributed by atoms with Gasteiger partial charge in [0, 0.05) is 24.1 Å². The maximum absolute atomic E-state index is 12.8. The van der Waals surface area contributed by atoms with Crippen LogP contribution in [-0.2, 0) is 4.79 Å². The molecule has 1 aliphatic carbocycles. The minimum Gasteiger partial charge on any atom is -0.506 e. The number of nitrogens with zero attached hydrogens (tertiary/aromatic N) is 3. The summed E-state index contributed by atoms with van der Waals surface area (Å²) in [5.41, 5.74) is 1.44. The largest absolute Gasteiger partial charge is 0.506 e. The molecule has 0 radical (unpaired) electrons. The van der Waals surface area contributed by atoms with Crippen LogP contribution in [0.25, 0.3) is 11.4 Å². The van der Waals surface area contributed by atoms with Crippen LogP contribution in [0.2, 0.25) is 5.02 Å². The van der Waals surface area contributed by atoms with Crippen molar-refractivity contribution in [1.82, 2.24) is 14.8 Å². The van der Waals surface area contributed by atoms with Crippen LogP contribution >= 0.6 is 23.4 Å². The van der Waals surface area contributed by atoms with Gasteiger partial charge in [0.2, 0.25) is 5.91 Å². The fraction of sp³-hybridized carbons (Fsp3) is 0.304. The third-order valence-electron chi connectivity index (χ3n) is 5.43. The van der Waals surface area contributed by atoms with Gasteiger partial charge in [0.15, 0.2) is 16.8 Å². The van der Waals surface area contributed by atoms with Crippen molar-refractivity contribution in [2.45, 2.75) is 43.8 Å². The second kappa shape index (κ2) is 9.75. The SMILES string of the molecule is CC(=O)Nc1cc(C(=O)CSc2nnc(-c3ccccc3Cl)n2C2CCCC2)ccc1O. The van der Waals surface area contributed by atoms with Crippen LogP contribution in [0.15, 0.2) is 47.6 Å². The van der Waals surface area contributed by atoms with Gasteiger partial charge in [-0.25, -0.2) is 0 Å². The summed E-state index contributed by atoms with van der Waals surface area (Å²) < 4.78 is 2.12. The Labute approximate surface area is 195 Å². The van der Waals surface area contributed by atoms with Crippen molar-refractivity contribution in [3.8, 4) is 17.1 Å². The molecule has 0 bridgehead atoms. The molecule has 32 heavy (non-hydrogen) atoms. The number of benzene rings is 2. The van der Waals surface area contributed by atoms with E-state index in [9.17, 15) is 14.7 Å². The van der Waals surface area contributed by atoms with E-state index in [4.69, 9.17) is 11.6 Å². The first kappa shape index (κ1) is 22.4. The number of hydrogen-bond acceptors (Lipinski definition) is 6. The number of rotatable bonds is 7. The number of amides is 1. The molecule has 9 heteroatoms. The number of carbonyl (C=O) groups is 2. The van der Waals surface area contributed by atoms with Gasteiger partial charge in [-0.2, -0.15) is 0 Å². The van der Waals surface area contributed by atoms with Gasteiger partial charge in [-0.15, -0.1) is 10.2 Å². The molecule has 7 nitrogen and oxygen atoms in total. The molecule has 1 aliphatic rings. The molecule has 2 aromatic carbocycles. The number of carbonyl (C=O) groups excluding carboxylic acids is 2. The van der Waals surface area contributed by atoms with Crippen LogP contribution in [0.1, 0.15) is 49.0 Å². The van der Waals surface area contributed by atoms with Crippen molar-refractivity contribution in [3.05, 3.63) is 53.1 Å². The number of halogens is 1. The van der Waals surface area contributed by atoms with E-state index < -0.39 is 0 Å². The Morgan fingerprint density at radius 2 is 1.94 bits per heavy atom. The second-order valence-corrected chi connectivity index (χ2v) is 9.07. The Morgan fingerprint density at radius 1 is 1.19 bits per heavy atom. The molecular formula is C23H23ClN4O3S. The van der Waals surface area contributed by atoms with Gasteiger partial charge in [0.1, 0.15) is 5.75 Å². The molecule has 0 unspecified atom stereocenters. The van der Waals surface area contributed by atoms with Gasteiger partial charge in [-0.05, 0) is 43.2 Å². The quantitative estimate of drug-likeness (QED) is 0.274. The first-order valence-electron chi connectivity index (χ1n) is 10.4. The molecular weight excluding hydrogens is 448 g/mol. The van der Waals surface area contributed by atoms with E-state index in [0.717, 1.165) is 37.1 Å². The lowest BCUT2D eigenvalue weighted by Crippen LogP contribution is -2.11. The van der Waals surface area contributed by atoms with Crippen molar-refractivity contribution in [3.63, 3.8) is 0 Å². The maximum Gasteiger partial charge on any atom is 0.221 e.